The van der Waals surface area contributed by atoms with Crippen LogP contribution in [0.3, 0.4) is 0 Å². The Morgan fingerprint density at radius 1 is 1.44 bits per heavy atom. The van der Waals surface area contributed by atoms with Crippen molar-refractivity contribution in [3.05, 3.63) is 17.7 Å². The molecular weight excluding hydrogens is 240 g/mol. The minimum absolute atomic E-state index is 0.0943. The van der Waals surface area contributed by atoms with E-state index in [2.05, 4.69) is 4.98 Å². The summed E-state index contributed by atoms with van der Waals surface area (Å²) < 4.78 is 32.2. The van der Waals surface area contributed by atoms with Crippen LogP contribution in [0.15, 0.2) is 6.07 Å². The summed E-state index contributed by atoms with van der Waals surface area (Å²) in [6.45, 7) is 3.14. The molecule has 100 valence electrons. The quantitative estimate of drug-likeness (QED) is 0.879. The number of aromatic nitrogens is 1. The molecule has 18 heavy (non-hydrogen) atoms. The second kappa shape index (κ2) is 4.68. The molecule has 6 heteroatoms. The molecule has 0 aromatic carbocycles. The minimum Gasteiger partial charge on any atom is -0.381 e. The lowest BCUT2D eigenvalue weighted by Crippen LogP contribution is -2.48. The zero-order valence-corrected chi connectivity index (χ0v) is 10.5. The van der Waals surface area contributed by atoms with E-state index in [-0.39, 0.29) is 17.2 Å². The summed E-state index contributed by atoms with van der Waals surface area (Å²) in [6.07, 6.45) is 1.76. The molecule has 1 aliphatic heterocycles. The molecule has 1 aliphatic rings. The van der Waals surface area contributed by atoms with Gasteiger partial charge in [0, 0.05) is 26.3 Å². The molecular formula is C12H17F2N3O. The minimum atomic E-state index is -0.831. The molecule has 0 aliphatic carbocycles. The number of methoxy groups -OCH3 is 1. The van der Waals surface area contributed by atoms with Crippen molar-refractivity contribution >= 4 is 11.6 Å². The third kappa shape index (κ3) is 2.38. The lowest BCUT2D eigenvalue weighted by Gasteiger charge is -2.40. The molecule has 2 heterocycles. The Balaban J connectivity index is 2.29. The Labute approximate surface area is 105 Å². The highest BCUT2D eigenvalue weighted by Crippen LogP contribution is 2.29. The maximum atomic E-state index is 13.7. The van der Waals surface area contributed by atoms with Gasteiger partial charge in [-0.2, -0.15) is 0 Å². The Morgan fingerprint density at radius 3 is 2.83 bits per heavy atom. The molecule has 0 amide bonds. The molecule has 1 aromatic rings. The zero-order chi connectivity index (χ0) is 13.3. The highest BCUT2D eigenvalue weighted by molar-refractivity contribution is 5.47. The van der Waals surface area contributed by atoms with Gasteiger partial charge >= 0.3 is 0 Å². The number of nitrogens with two attached hydrogens (primary N) is 1. The summed E-state index contributed by atoms with van der Waals surface area (Å²) in [4.78, 5) is 5.54. The van der Waals surface area contributed by atoms with E-state index in [1.165, 1.54) is 0 Å². The van der Waals surface area contributed by atoms with Crippen LogP contribution in [0.2, 0.25) is 0 Å². The second-order valence-electron chi connectivity index (χ2n) is 4.84. The fraction of sp³-hybridized carbons (Fsp3) is 0.583. The van der Waals surface area contributed by atoms with Crippen LogP contribution >= 0.6 is 0 Å². The number of halogens is 2. The van der Waals surface area contributed by atoms with Gasteiger partial charge in [-0.05, 0) is 19.8 Å². The summed E-state index contributed by atoms with van der Waals surface area (Å²) in [5.74, 6) is -1.71. The molecule has 0 bridgehead atoms. The van der Waals surface area contributed by atoms with Gasteiger partial charge in [-0.1, -0.05) is 0 Å². The summed E-state index contributed by atoms with van der Waals surface area (Å²) in [5.41, 5.74) is 5.05. The van der Waals surface area contributed by atoms with Gasteiger partial charge in [0.25, 0.3) is 0 Å². The highest BCUT2D eigenvalue weighted by Gasteiger charge is 2.32. The summed E-state index contributed by atoms with van der Waals surface area (Å²) in [5, 5.41) is 0. The highest BCUT2D eigenvalue weighted by atomic mass is 19.1. The Bertz CT molecular complexity index is 455. The first-order chi connectivity index (χ1) is 8.45. The van der Waals surface area contributed by atoms with E-state index in [1.807, 2.05) is 6.92 Å². The van der Waals surface area contributed by atoms with Gasteiger partial charge in [-0.3, -0.25) is 0 Å². The maximum absolute atomic E-state index is 13.7. The van der Waals surface area contributed by atoms with Crippen molar-refractivity contribution in [2.45, 2.75) is 25.4 Å². The van der Waals surface area contributed by atoms with Crippen molar-refractivity contribution in [1.82, 2.24) is 4.98 Å². The lowest BCUT2D eigenvalue weighted by atomic mass is 9.95. The van der Waals surface area contributed by atoms with E-state index in [4.69, 9.17) is 10.5 Å². The normalized spacial score (nSPS) is 24.3. The standard InChI is InChI=1S/C12H17F2N3O/c1-12(18-2)4-3-5-17(7-12)11-9(14)6-8(13)10(15)16-11/h6H,3-5,7H2,1-2H3,(H2,15,16). The van der Waals surface area contributed by atoms with E-state index in [0.717, 1.165) is 18.9 Å². The molecule has 1 fully saturated rings. The summed E-state index contributed by atoms with van der Waals surface area (Å²) in [6, 6.07) is 0.774. The number of nitrogens with zero attached hydrogens (tertiary/aromatic N) is 2. The van der Waals surface area contributed by atoms with Gasteiger partial charge in [0.05, 0.1) is 5.60 Å². The Morgan fingerprint density at radius 2 is 2.17 bits per heavy atom. The van der Waals surface area contributed by atoms with Crippen molar-refractivity contribution in [3.63, 3.8) is 0 Å². The van der Waals surface area contributed by atoms with E-state index in [9.17, 15) is 8.78 Å². The summed E-state index contributed by atoms with van der Waals surface area (Å²) >= 11 is 0. The van der Waals surface area contributed by atoms with E-state index in [0.29, 0.717) is 13.1 Å². The molecule has 2 rings (SSSR count). The van der Waals surface area contributed by atoms with Crippen molar-refractivity contribution in [2.24, 2.45) is 0 Å². The molecule has 4 nitrogen and oxygen atoms in total. The molecule has 0 saturated carbocycles. The van der Waals surface area contributed by atoms with E-state index >= 15 is 0 Å². The number of piperidine rings is 1. The maximum Gasteiger partial charge on any atom is 0.168 e. The van der Waals surface area contributed by atoms with Crippen LogP contribution in [0.1, 0.15) is 19.8 Å². The van der Waals surface area contributed by atoms with Gasteiger partial charge in [0.1, 0.15) is 0 Å². The van der Waals surface area contributed by atoms with Gasteiger partial charge in [0.2, 0.25) is 0 Å². The third-order valence-electron chi connectivity index (χ3n) is 3.39. The van der Waals surface area contributed by atoms with Gasteiger partial charge < -0.3 is 15.4 Å². The first kappa shape index (κ1) is 13.0. The number of nitrogen functional groups attached to an aromatic ring is 1. The number of hydrogen-bond acceptors (Lipinski definition) is 4. The van der Waals surface area contributed by atoms with Crippen molar-refractivity contribution in [2.75, 3.05) is 30.8 Å². The molecule has 1 saturated heterocycles. The van der Waals surface area contributed by atoms with Gasteiger partial charge in [-0.15, -0.1) is 0 Å². The fourth-order valence-corrected chi connectivity index (χ4v) is 2.25. The predicted octanol–water partition coefficient (Wildman–Crippen LogP) is 1.95. The van der Waals surface area contributed by atoms with Crippen LogP contribution in [0.25, 0.3) is 0 Å². The average molecular weight is 257 g/mol. The predicted molar refractivity (Wildman–Crippen MR) is 65.4 cm³/mol. The topological polar surface area (TPSA) is 51.4 Å². The smallest absolute Gasteiger partial charge is 0.168 e. The first-order valence-corrected chi connectivity index (χ1v) is 5.87. The third-order valence-corrected chi connectivity index (χ3v) is 3.39. The Kier molecular flexibility index (Phi) is 3.38. The van der Waals surface area contributed by atoms with Crippen LogP contribution in [0.5, 0.6) is 0 Å². The van der Waals surface area contributed by atoms with Crippen LogP contribution in [0.4, 0.5) is 20.4 Å². The SMILES string of the molecule is COC1(C)CCCN(c2nc(N)c(F)cc2F)C1. The zero-order valence-electron chi connectivity index (χ0n) is 10.5. The molecule has 0 radical (unpaired) electrons. The van der Waals surface area contributed by atoms with E-state index < -0.39 is 11.6 Å². The van der Waals surface area contributed by atoms with Crippen LogP contribution in [-0.4, -0.2) is 30.8 Å². The molecule has 1 atom stereocenters. The number of anilines is 2. The van der Waals surface area contributed by atoms with Gasteiger partial charge in [0.15, 0.2) is 23.3 Å². The second-order valence-corrected chi connectivity index (χ2v) is 4.84. The van der Waals surface area contributed by atoms with Crippen LogP contribution in [0, 0.1) is 11.6 Å². The number of rotatable bonds is 2. The number of ether oxygens (including phenoxy) is 1. The van der Waals surface area contributed by atoms with Crippen molar-refractivity contribution < 1.29 is 13.5 Å². The number of pyridine rings is 1. The largest absolute Gasteiger partial charge is 0.381 e. The first-order valence-electron chi connectivity index (χ1n) is 5.87. The van der Waals surface area contributed by atoms with Crippen LogP contribution in [-0.2, 0) is 4.74 Å². The average Bonchev–Trinajstić information content (AvgIpc) is 2.34. The van der Waals surface area contributed by atoms with Gasteiger partial charge in [-0.25, -0.2) is 13.8 Å². The van der Waals surface area contributed by atoms with Crippen molar-refractivity contribution in [1.29, 1.82) is 0 Å². The molecule has 1 unspecified atom stereocenters. The Hall–Kier alpha value is -1.43. The fourth-order valence-electron chi connectivity index (χ4n) is 2.25. The molecule has 2 N–H and O–H groups in total. The van der Waals surface area contributed by atoms with Crippen LogP contribution < -0.4 is 10.6 Å². The number of hydrogen-bond donors (Lipinski definition) is 1. The summed E-state index contributed by atoms with van der Waals surface area (Å²) in [7, 11) is 1.63. The lowest BCUT2D eigenvalue weighted by molar-refractivity contribution is -0.00493. The van der Waals surface area contributed by atoms with E-state index in [1.54, 1.807) is 12.0 Å². The molecule has 0 spiro atoms. The monoisotopic (exact) mass is 257 g/mol. The van der Waals surface area contributed by atoms with Crippen molar-refractivity contribution in [3.8, 4) is 0 Å². The molecule has 1 aromatic heterocycles.